The van der Waals surface area contributed by atoms with Gasteiger partial charge in [0.05, 0.1) is 0 Å². The molecule has 12 rings (SSSR count). The average molecular weight is 991 g/mol. The van der Waals surface area contributed by atoms with Crippen LogP contribution in [0.5, 0.6) is 0 Å². The van der Waals surface area contributed by atoms with Gasteiger partial charge in [0.25, 0.3) is 0 Å². The summed E-state index contributed by atoms with van der Waals surface area (Å²) in [4.78, 5) is 0. The molecule has 0 nitrogen and oxygen atoms in total. The van der Waals surface area contributed by atoms with Crippen molar-refractivity contribution in [2.75, 3.05) is 0 Å². The van der Waals surface area contributed by atoms with Crippen molar-refractivity contribution in [3.63, 3.8) is 0 Å². The molecule has 0 aliphatic heterocycles. The molecule has 0 unspecified atom stereocenters. The maximum atomic E-state index is 3.96. The van der Waals surface area contributed by atoms with Gasteiger partial charge in [-0.3, -0.25) is 0 Å². The van der Waals surface area contributed by atoms with Gasteiger partial charge in [-0.2, -0.15) is 0 Å². The van der Waals surface area contributed by atoms with Gasteiger partial charge in [0.15, 0.2) is 0 Å². The first-order valence-corrected chi connectivity index (χ1v) is 26.6. The molecule has 0 bridgehead atoms. The number of hydrogen-bond acceptors (Lipinski definition) is 0. The molecule has 0 heteroatoms. The van der Waals surface area contributed by atoms with Crippen molar-refractivity contribution in [3.05, 3.63) is 361 Å². The van der Waals surface area contributed by atoms with Crippen molar-refractivity contribution in [1.82, 2.24) is 0 Å². The fourth-order valence-corrected chi connectivity index (χ4v) is 10.9. The van der Waals surface area contributed by atoms with Crippen LogP contribution in [0.15, 0.2) is 328 Å². The van der Waals surface area contributed by atoms with Gasteiger partial charge in [-0.15, -0.1) is 0 Å². The van der Waals surface area contributed by atoms with Crippen molar-refractivity contribution in [2.24, 2.45) is 0 Å². The molecule has 0 aliphatic carbocycles. The van der Waals surface area contributed by atoms with E-state index in [-0.39, 0.29) is 0 Å². The van der Waals surface area contributed by atoms with Gasteiger partial charge in [0, 0.05) is 0 Å². The van der Waals surface area contributed by atoms with Crippen LogP contribution in [0.2, 0.25) is 0 Å². The highest BCUT2D eigenvalue weighted by molar-refractivity contribution is 5.74. The van der Waals surface area contributed by atoms with Gasteiger partial charge in [-0.05, 0) is 112 Å². The number of rotatable bonds is 12. The lowest BCUT2D eigenvalue weighted by atomic mass is 9.68. The Kier molecular flexibility index (Phi) is 13.9. The first-order chi connectivity index (χ1) is 38.6. The zero-order valence-electron chi connectivity index (χ0n) is 43.2. The molecule has 0 saturated heterocycles. The third kappa shape index (κ3) is 9.92. The molecular weight excluding hydrogens is 937 g/mol. The number of benzene rings is 12. The lowest BCUT2D eigenvalue weighted by Crippen LogP contribution is -2.28. The van der Waals surface area contributed by atoms with E-state index in [9.17, 15) is 0 Å². The molecule has 0 amide bonds. The Morgan fingerprint density at radius 1 is 0.141 bits per heavy atom. The minimum Gasteiger partial charge on any atom is -0.0677 e. The van der Waals surface area contributed by atoms with Crippen LogP contribution >= 0.6 is 0 Å². The van der Waals surface area contributed by atoms with Crippen LogP contribution in [0.1, 0.15) is 33.4 Å². The molecule has 0 atom stereocenters. The zero-order valence-corrected chi connectivity index (χ0v) is 43.2. The minimum absolute atomic E-state index is 0.941. The Bertz CT molecular complexity index is 3340. The summed E-state index contributed by atoms with van der Waals surface area (Å²) in [6.45, 7) is 0. The third-order valence-corrected chi connectivity index (χ3v) is 15.1. The molecule has 0 spiro atoms. The van der Waals surface area contributed by atoms with Gasteiger partial charge in [-0.1, -0.05) is 339 Å². The summed E-state index contributed by atoms with van der Waals surface area (Å²) in [5.74, 6) is 15.2. The molecule has 0 saturated carbocycles. The molecule has 12 aromatic carbocycles. The summed E-state index contributed by atoms with van der Waals surface area (Å²) < 4.78 is 0. The van der Waals surface area contributed by atoms with E-state index in [1.54, 1.807) is 0 Å². The third-order valence-electron chi connectivity index (χ3n) is 15.1. The lowest BCUT2D eigenvalue weighted by Gasteiger charge is -2.32. The fraction of sp³-hybridized carbons (Fsp3) is 0.0256. The van der Waals surface area contributed by atoms with Gasteiger partial charge >= 0.3 is 0 Å². The van der Waals surface area contributed by atoms with Crippen LogP contribution < -0.4 is 0 Å². The van der Waals surface area contributed by atoms with E-state index >= 15 is 0 Å². The van der Waals surface area contributed by atoms with E-state index < -0.39 is 10.8 Å². The second-order valence-electron chi connectivity index (χ2n) is 19.7. The van der Waals surface area contributed by atoms with Gasteiger partial charge in [-0.25, -0.2) is 0 Å². The van der Waals surface area contributed by atoms with Gasteiger partial charge in [0.1, 0.15) is 10.8 Å². The van der Waals surface area contributed by atoms with E-state index in [1.165, 1.54) is 0 Å². The Morgan fingerprint density at radius 2 is 0.269 bits per heavy atom. The summed E-state index contributed by atoms with van der Waals surface area (Å²) in [5, 5.41) is 0. The monoisotopic (exact) mass is 990 g/mol. The predicted octanol–water partition coefficient (Wildman–Crippen LogP) is 19.1. The fourth-order valence-electron chi connectivity index (χ4n) is 10.9. The van der Waals surface area contributed by atoms with Crippen molar-refractivity contribution in [2.45, 2.75) is 10.8 Å². The average Bonchev–Trinajstić information content (AvgIpc) is 3.54. The largest absolute Gasteiger partial charge is 0.107 e. The SMILES string of the molecule is C(C#CC(c1ccc(-c2ccccc2)cc1)(c1ccc(-c2ccccc2)cc1)c1ccc(-c2ccccc2)cc1)#CC(c1ccc(-c2ccccc2)cc1)(c1ccc(-c2ccccc2)cc1)c1ccc(-c2ccccc2)cc1. The molecule has 0 aliphatic rings. The first kappa shape index (κ1) is 48.7. The van der Waals surface area contributed by atoms with E-state index in [0.717, 1.165) is 100 Å². The van der Waals surface area contributed by atoms with Crippen molar-refractivity contribution in [1.29, 1.82) is 0 Å². The van der Waals surface area contributed by atoms with E-state index in [1.807, 2.05) is 0 Å². The highest BCUT2D eigenvalue weighted by atomic mass is 14.4. The Morgan fingerprint density at radius 3 is 0.410 bits per heavy atom. The van der Waals surface area contributed by atoms with E-state index in [2.05, 4.69) is 351 Å². The van der Waals surface area contributed by atoms with Gasteiger partial charge in [0.2, 0.25) is 0 Å². The quantitative estimate of drug-likeness (QED) is 0.0845. The molecule has 0 fully saturated rings. The second-order valence-corrected chi connectivity index (χ2v) is 19.7. The molecule has 0 N–H and O–H groups in total. The first-order valence-electron chi connectivity index (χ1n) is 26.6. The van der Waals surface area contributed by atoms with Crippen LogP contribution in [-0.2, 0) is 10.8 Å². The molecule has 0 heterocycles. The van der Waals surface area contributed by atoms with Crippen LogP contribution in [0.3, 0.4) is 0 Å². The molecule has 12 aromatic rings. The lowest BCUT2D eigenvalue weighted by molar-refractivity contribution is 0.808. The normalized spacial score (nSPS) is 11.1. The summed E-state index contributed by atoms with van der Waals surface area (Å²) in [7, 11) is 0. The van der Waals surface area contributed by atoms with Crippen LogP contribution in [-0.4, -0.2) is 0 Å². The zero-order chi connectivity index (χ0) is 52.4. The highest BCUT2D eigenvalue weighted by Crippen LogP contribution is 2.43. The molecule has 0 aromatic heterocycles. The standard InChI is InChI=1S/C78H54/c1-7-21-59(22-8-1)65-33-45-71(46-34-65)77(72-47-35-66(36-48-72)60-23-9-2-10-24-60,73-49-37-67(38-50-73)61-25-11-3-12-26-61)57-19-20-58-78(74-51-39-68(40-52-74)62-27-13-4-14-28-62,75-53-41-69(42-54-75)63-29-15-5-16-30-63)76-55-43-70(44-56-76)64-31-17-6-18-32-64/h1-18,21-56H. The topological polar surface area (TPSA) is 0 Å². The second kappa shape index (κ2) is 22.3. The van der Waals surface area contributed by atoms with E-state index in [0.29, 0.717) is 0 Å². The minimum atomic E-state index is -0.941. The van der Waals surface area contributed by atoms with Crippen molar-refractivity contribution in [3.8, 4) is 90.4 Å². The molecular formula is C78H54. The van der Waals surface area contributed by atoms with Crippen LogP contribution in [0, 0.1) is 23.7 Å². The van der Waals surface area contributed by atoms with E-state index in [4.69, 9.17) is 0 Å². The van der Waals surface area contributed by atoms with Crippen LogP contribution in [0.4, 0.5) is 0 Å². The molecule has 366 valence electrons. The maximum Gasteiger partial charge on any atom is 0.107 e. The maximum absolute atomic E-state index is 3.96. The molecule has 78 heavy (non-hydrogen) atoms. The summed E-state index contributed by atoms with van der Waals surface area (Å²) >= 11 is 0. The predicted molar refractivity (Wildman–Crippen MR) is 327 cm³/mol. The Labute approximate surface area is 459 Å². The van der Waals surface area contributed by atoms with Gasteiger partial charge < -0.3 is 0 Å². The summed E-state index contributed by atoms with van der Waals surface area (Å²) in [6.07, 6.45) is 0. The Balaban J connectivity index is 1.09. The smallest absolute Gasteiger partial charge is 0.0677 e. The van der Waals surface area contributed by atoms with Crippen molar-refractivity contribution < 1.29 is 0 Å². The number of hydrogen-bond donors (Lipinski definition) is 0. The van der Waals surface area contributed by atoms with Crippen LogP contribution in [0.25, 0.3) is 66.8 Å². The summed E-state index contributed by atoms with van der Waals surface area (Å²) in [6, 6.07) is 117. The molecule has 0 radical (unpaired) electrons. The van der Waals surface area contributed by atoms with Crippen molar-refractivity contribution >= 4 is 0 Å². The highest BCUT2D eigenvalue weighted by Gasteiger charge is 2.37. The summed E-state index contributed by atoms with van der Waals surface area (Å²) in [5.41, 5.74) is 18.2. The Hall–Kier alpha value is -10.2.